The lowest BCUT2D eigenvalue weighted by Gasteiger charge is -2.62. The predicted octanol–water partition coefficient (Wildman–Crippen LogP) is 4.11. The highest BCUT2D eigenvalue weighted by molar-refractivity contribution is 5.88. The first-order chi connectivity index (χ1) is 14.9. The third-order valence-electron chi connectivity index (χ3n) is 10.2. The first-order valence-corrected chi connectivity index (χ1v) is 12.7. The van der Waals surface area contributed by atoms with Gasteiger partial charge in [-0.05, 0) is 75.2 Å². The molecule has 5 rings (SSSR count). The summed E-state index contributed by atoms with van der Waals surface area (Å²) in [7, 11) is 0. The summed E-state index contributed by atoms with van der Waals surface area (Å²) < 4.78 is 0. The summed E-state index contributed by atoms with van der Waals surface area (Å²) in [5, 5.41) is 18.9. The summed E-state index contributed by atoms with van der Waals surface area (Å²) in [6.45, 7) is 11.2. The minimum atomic E-state index is -0.139. The van der Waals surface area contributed by atoms with E-state index in [1.807, 2.05) is 0 Å². The van der Waals surface area contributed by atoms with Crippen LogP contribution < -0.4 is 5.32 Å². The van der Waals surface area contributed by atoms with Gasteiger partial charge in [0.25, 0.3) is 0 Å². The van der Waals surface area contributed by atoms with E-state index in [2.05, 4.69) is 25.7 Å². The van der Waals surface area contributed by atoms with Gasteiger partial charge in [-0.2, -0.15) is 0 Å². The maximum absolute atomic E-state index is 12.7. The number of aliphatic hydroxyl groups is 1. The molecule has 31 heavy (non-hydrogen) atoms. The van der Waals surface area contributed by atoms with Gasteiger partial charge in [0, 0.05) is 42.7 Å². The Morgan fingerprint density at radius 1 is 1.23 bits per heavy atom. The smallest absolute Gasteiger partial charge is 0.141 e. The number of ketones is 1. The van der Waals surface area contributed by atoms with E-state index in [1.54, 1.807) is 0 Å². The van der Waals surface area contributed by atoms with Crippen LogP contribution in [-0.2, 0) is 9.63 Å². The number of aliphatic hydroxyl groups excluding tert-OH is 1. The molecule has 4 saturated carbocycles. The molecule has 8 unspecified atom stereocenters. The monoisotopic (exact) mass is 428 g/mol. The lowest BCUT2D eigenvalue weighted by molar-refractivity contribution is -0.140. The highest BCUT2D eigenvalue weighted by Crippen LogP contribution is 2.67. The van der Waals surface area contributed by atoms with Crippen molar-refractivity contribution in [3.05, 3.63) is 12.2 Å². The van der Waals surface area contributed by atoms with E-state index in [1.165, 1.54) is 11.3 Å². The van der Waals surface area contributed by atoms with E-state index in [9.17, 15) is 9.90 Å². The van der Waals surface area contributed by atoms with Crippen LogP contribution in [0.15, 0.2) is 17.3 Å². The van der Waals surface area contributed by atoms with E-state index >= 15 is 0 Å². The van der Waals surface area contributed by atoms with Gasteiger partial charge in [-0.1, -0.05) is 31.2 Å². The molecule has 2 N–H and O–H groups in total. The van der Waals surface area contributed by atoms with Gasteiger partial charge in [0.15, 0.2) is 0 Å². The molecule has 5 fully saturated rings. The Morgan fingerprint density at radius 3 is 2.77 bits per heavy atom. The lowest BCUT2D eigenvalue weighted by Crippen LogP contribution is -2.59. The van der Waals surface area contributed by atoms with Crippen LogP contribution in [0.25, 0.3) is 0 Å². The lowest BCUT2D eigenvalue weighted by atomic mass is 9.42. The Labute approximate surface area is 187 Å². The number of hydrogen-bond acceptors (Lipinski definition) is 5. The van der Waals surface area contributed by atoms with Gasteiger partial charge in [0.1, 0.15) is 11.9 Å². The van der Waals surface area contributed by atoms with E-state index in [4.69, 9.17) is 9.99 Å². The highest BCUT2D eigenvalue weighted by atomic mass is 16.6. The number of oxime groups is 1. The molecule has 0 bridgehead atoms. The summed E-state index contributed by atoms with van der Waals surface area (Å²) in [5.74, 6) is 2.52. The summed E-state index contributed by atoms with van der Waals surface area (Å²) in [4.78, 5) is 18.7. The fourth-order valence-corrected chi connectivity index (χ4v) is 8.63. The van der Waals surface area contributed by atoms with Crippen LogP contribution in [-0.4, -0.2) is 42.4 Å². The maximum Gasteiger partial charge on any atom is 0.141 e. The molecule has 0 amide bonds. The molecule has 0 aromatic rings. The Kier molecular flexibility index (Phi) is 5.57. The first kappa shape index (κ1) is 21.6. The van der Waals surface area contributed by atoms with Crippen molar-refractivity contribution in [3.8, 4) is 0 Å². The fourth-order valence-electron chi connectivity index (χ4n) is 8.63. The van der Waals surface area contributed by atoms with Crippen molar-refractivity contribution in [2.24, 2.45) is 45.6 Å². The first-order valence-electron chi connectivity index (χ1n) is 12.7. The van der Waals surface area contributed by atoms with E-state index in [0.29, 0.717) is 29.5 Å². The van der Waals surface area contributed by atoms with Crippen LogP contribution in [0.2, 0.25) is 0 Å². The molecule has 0 aromatic heterocycles. The van der Waals surface area contributed by atoms with Crippen molar-refractivity contribution >= 4 is 11.5 Å². The molecule has 0 radical (unpaired) electrons. The van der Waals surface area contributed by atoms with Gasteiger partial charge < -0.3 is 15.3 Å². The van der Waals surface area contributed by atoms with Gasteiger partial charge in [-0.15, -0.1) is 0 Å². The molecule has 5 heteroatoms. The summed E-state index contributed by atoms with van der Waals surface area (Å²) in [6, 6.07) is 0. The van der Waals surface area contributed by atoms with Crippen LogP contribution >= 0.6 is 0 Å². The van der Waals surface area contributed by atoms with E-state index in [-0.39, 0.29) is 29.5 Å². The number of rotatable bonds is 4. The van der Waals surface area contributed by atoms with Gasteiger partial charge in [-0.3, -0.25) is 4.79 Å². The number of Topliss-reactive ketones (excluding diaryl/α,β-unsaturated/α-hetero) is 1. The minimum absolute atomic E-state index is 0.110. The second-order valence-electron chi connectivity index (χ2n) is 11.3. The molecule has 1 heterocycles. The zero-order valence-corrected chi connectivity index (χ0v) is 19.4. The standard InChI is InChI=1S/C26H40N2O3/c1-4-18-22(28-31-17-9-12-27-14-17)8-11-26(15-29)21-7-10-25(3)20(5-6-23(25)30)19(21)13-16(2)24(18)26/h17-21,24,27,29H,2,4-15H2,1,3H3/b28-22+. The highest BCUT2D eigenvalue weighted by Gasteiger charge is 2.63. The molecule has 0 spiro atoms. The summed E-state index contributed by atoms with van der Waals surface area (Å²) in [6.07, 6.45) is 8.94. The third kappa shape index (κ3) is 3.17. The van der Waals surface area contributed by atoms with Gasteiger partial charge in [-0.25, -0.2) is 0 Å². The van der Waals surface area contributed by atoms with E-state index < -0.39 is 0 Å². The molecule has 5 aliphatic rings. The second-order valence-corrected chi connectivity index (χ2v) is 11.3. The summed E-state index contributed by atoms with van der Waals surface area (Å²) >= 11 is 0. The number of carbonyl (C=O) groups is 1. The Balaban J connectivity index is 1.45. The number of nitrogens with zero attached hydrogens (tertiary/aromatic N) is 1. The number of hydrogen-bond donors (Lipinski definition) is 2. The van der Waals surface area contributed by atoms with Crippen molar-refractivity contribution in [2.45, 2.75) is 77.7 Å². The van der Waals surface area contributed by atoms with Crippen molar-refractivity contribution in [2.75, 3.05) is 19.7 Å². The van der Waals surface area contributed by atoms with Crippen LogP contribution in [0.5, 0.6) is 0 Å². The van der Waals surface area contributed by atoms with Crippen molar-refractivity contribution < 1.29 is 14.7 Å². The van der Waals surface area contributed by atoms with Crippen LogP contribution in [0.1, 0.15) is 71.6 Å². The summed E-state index contributed by atoms with van der Waals surface area (Å²) in [5.41, 5.74) is 2.22. The maximum atomic E-state index is 12.7. The van der Waals surface area contributed by atoms with Crippen molar-refractivity contribution in [1.82, 2.24) is 5.32 Å². The fraction of sp³-hybridized carbons (Fsp3) is 0.846. The van der Waals surface area contributed by atoms with Gasteiger partial charge in [0.2, 0.25) is 0 Å². The van der Waals surface area contributed by atoms with Crippen LogP contribution in [0.3, 0.4) is 0 Å². The Morgan fingerprint density at radius 2 is 2.06 bits per heavy atom. The number of allylic oxidation sites excluding steroid dienone is 1. The number of fused-ring (bicyclic) bond motifs is 5. The normalized spacial score (nSPS) is 48.4. The van der Waals surface area contributed by atoms with Crippen LogP contribution in [0.4, 0.5) is 0 Å². The SMILES string of the molecule is C=C1CC2C3CCC(=O)C3(C)CCC2C2(CO)CC/C(=N\OC3CCNC3)C(CC)C12. The van der Waals surface area contributed by atoms with Crippen LogP contribution in [0, 0.1) is 40.4 Å². The van der Waals surface area contributed by atoms with Gasteiger partial charge in [0.05, 0.1) is 5.71 Å². The second kappa shape index (κ2) is 7.98. The largest absolute Gasteiger partial charge is 0.396 e. The molecule has 1 saturated heterocycles. The zero-order valence-electron chi connectivity index (χ0n) is 19.4. The van der Waals surface area contributed by atoms with E-state index in [0.717, 1.165) is 70.9 Å². The number of nitrogens with one attached hydrogen (secondary N) is 1. The third-order valence-corrected chi connectivity index (χ3v) is 10.2. The van der Waals surface area contributed by atoms with Crippen molar-refractivity contribution in [3.63, 3.8) is 0 Å². The number of carbonyl (C=O) groups excluding carboxylic acids is 1. The predicted molar refractivity (Wildman–Crippen MR) is 122 cm³/mol. The molecule has 1 aliphatic heterocycles. The quantitative estimate of drug-likeness (QED) is 0.522. The van der Waals surface area contributed by atoms with Crippen molar-refractivity contribution in [1.29, 1.82) is 0 Å². The molecular formula is C26H40N2O3. The zero-order chi connectivity index (χ0) is 21.8. The average molecular weight is 429 g/mol. The molecule has 4 aliphatic carbocycles. The average Bonchev–Trinajstić information content (AvgIpc) is 3.40. The van der Waals surface area contributed by atoms with Gasteiger partial charge >= 0.3 is 0 Å². The molecular weight excluding hydrogens is 388 g/mol. The molecule has 5 nitrogen and oxygen atoms in total. The Bertz CT molecular complexity index is 773. The topological polar surface area (TPSA) is 70.9 Å². The molecule has 8 atom stereocenters. The molecule has 172 valence electrons. The molecule has 0 aromatic carbocycles. The Hall–Kier alpha value is -1.20. The minimum Gasteiger partial charge on any atom is -0.396 e.